The van der Waals surface area contributed by atoms with Crippen molar-refractivity contribution in [2.45, 2.75) is 0 Å². The normalized spacial score (nSPS) is 9.79. The molecule has 0 saturated carbocycles. The van der Waals surface area contributed by atoms with E-state index in [1.807, 2.05) is 24.3 Å². The average molecular weight is 437 g/mol. The molecule has 0 spiro atoms. The second-order valence-corrected chi connectivity index (χ2v) is 7.50. The van der Waals surface area contributed by atoms with Gasteiger partial charge in [-0.15, -0.1) is 0 Å². The van der Waals surface area contributed by atoms with Crippen LogP contribution in [0.2, 0.25) is 0 Å². The molecule has 0 aromatic heterocycles. The minimum absolute atomic E-state index is 0. The van der Waals surface area contributed by atoms with Gasteiger partial charge in [0.15, 0.2) is 0 Å². The number of hydrogen-bond acceptors (Lipinski definition) is 5. The maximum absolute atomic E-state index is 12.1. The molecule has 0 saturated heterocycles. The smallest absolute Gasteiger partial charge is 0.748 e. The topological polar surface area (TPSA) is 91.3 Å². The van der Waals surface area contributed by atoms with Crippen LogP contribution in [-0.2, 0) is 10.1 Å². The number of rotatable bonds is 3. The van der Waals surface area contributed by atoms with Crippen molar-refractivity contribution < 1.29 is 78.3 Å². The maximum atomic E-state index is 12.1. The van der Waals surface area contributed by atoms with Crippen LogP contribution in [0.3, 0.4) is 0 Å². The number of nitrogens with zero attached hydrogens (tertiary/aromatic N) is 1. The van der Waals surface area contributed by atoms with Crippen LogP contribution in [0.4, 0.5) is 10.1 Å². The fraction of sp³-hybridized carbons (Fsp3) is 0.211. The predicted octanol–water partition coefficient (Wildman–Crippen LogP) is -0.0503. The number of hydrogen-bond donors (Lipinski definition) is 0. The monoisotopic (exact) mass is 436 g/mol. The minimum atomic E-state index is -3.92. The third-order valence-corrected chi connectivity index (χ3v) is 2.81. The van der Waals surface area contributed by atoms with Crippen molar-refractivity contribution in [1.82, 2.24) is 4.48 Å². The first-order valence-electron chi connectivity index (χ1n) is 7.35. The Bertz CT molecular complexity index is 794. The van der Waals surface area contributed by atoms with Gasteiger partial charge in [-0.3, -0.25) is 14.1 Å². The molecule has 0 aliphatic carbocycles. The van der Waals surface area contributed by atoms with E-state index in [2.05, 4.69) is 21.1 Å². The van der Waals surface area contributed by atoms with Gasteiger partial charge in [-0.25, -0.2) is 12.8 Å². The third-order valence-electron chi connectivity index (χ3n) is 2.81. The molecule has 0 aliphatic rings. The Hall–Kier alpha value is -0.784. The molecule has 6 nitrogen and oxygen atoms in total. The van der Waals surface area contributed by atoms with E-state index in [0.717, 1.165) is 16.3 Å². The summed E-state index contributed by atoms with van der Waals surface area (Å²) in [6, 6.07) is 13.0. The molecule has 0 heterocycles. The Morgan fingerprint density at radius 3 is 1.39 bits per heavy atom. The number of benzene rings is 2. The Morgan fingerprint density at radius 2 is 1.14 bits per heavy atom. The summed E-state index contributed by atoms with van der Waals surface area (Å²) >= 11 is 0. The van der Waals surface area contributed by atoms with Gasteiger partial charge in [0.05, 0.1) is 31.3 Å². The summed E-state index contributed by atoms with van der Waals surface area (Å²) in [7, 11) is 2.36. The summed E-state index contributed by atoms with van der Waals surface area (Å²) in [5, 5.41) is 0. The van der Waals surface area contributed by atoms with Gasteiger partial charge in [-0.2, -0.15) is 0 Å². The van der Waals surface area contributed by atoms with Gasteiger partial charge in [0.25, 0.3) is 0 Å². The first-order valence-corrected chi connectivity index (χ1v) is 9.17. The van der Waals surface area contributed by atoms with E-state index in [0.29, 0.717) is 18.1 Å². The summed E-state index contributed by atoms with van der Waals surface area (Å²) in [4.78, 5) is 20.4. The average Bonchev–Trinajstić information content (AvgIpc) is 2.54. The molecule has 2 aromatic carbocycles. The van der Waals surface area contributed by atoms with E-state index in [4.69, 9.17) is 13.0 Å². The zero-order valence-corrected chi connectivity index (χ0v) is 21.0. The van der Waals surface area contributed by atoms with Crippen molar-refractivity contribution in [1.29, 1.82) is 0 Å². The van der Waals surface area contributed by atoms with Crippen molar-refractivity contribution in [3.8, 4) is 0 Å². The van der Waals surface area contributed by atoms with Gasteiger partial charge in [0.2, 0.25) is 0 Å². The van der Waals surface area contributed by atoms with Crippen molar-refractivity contribution in [3.05, 3.63) is 72.9 Å². The number of halogens is 1. The van der Waals surface area contributed by atoms with Crippen LogP contribution >= 0.6 is 0 Å². The summed E-state index contributed by atoms with van der Waals surface area (Å²) in [6.45, 7) is 0. The van der Waals surface area contributed by atoms with Crippen molar-refractivity contribution in [2.24, 2.45) is 0 Å². The minimum Gasteiger partial charge on any atom is -0.748 e. The molecule has 2 rings (SSSR count). The molecule has 0 fully saturated rings. The first-order chi connectivity index (χ1) is 11.9. The second kappa shape index (κ2) is 15.1. The van der Waals surface area contributed by atoms with E-state index in [9.17, 15) is 14.0 Å². The van der Waals surface area contributed by atoms with Crippen molar-refractivity contribution >= 4 is 28.4 Å². The number of carbonyl (C=O) groups is 2. The molecule has 2 aromatic rings. The summed E-state index contributed by atoms with van der Waals surface area (Å²) in [5.74, 6) is -0.319. The molecule has 28 heavy (non-hydrogen) atoms. The number of carbonyl (C=O) groups excluding carboxylic acids is 2. The fourth-order valence-corrected chi connectivity index (χ4v) is 1.54. The van der Waals surface area contributed by atoms with Gasteiger partial charge >= 0.3 is 51.4 Å². The van der Waals surface area contributed by atoms with Gasteiger partial charge in [-0.1, -0.05) is 0 Å². The van der Waals surface area contributed by atoms with Gasteiger partial charge < -0.3 is 12.0 Å². The van der Waals surface area contributed by atoms with E-state index in [1.54, 1.807) is 0 Å². The van der Waals surface area contributed by atoms with Crippen LogP contribution in [0.1, 0.15) is 20.7 Å². The Kier molecular flexibility index (Phi) is 17.2. The van der Waals surface area contributed by atoms with Crippen LogP contribution in [-0.4, -0.2) is 52.9 Å². The van der Waals surface area contributed by atoms with Crippen molar-refractivity contribution in [3.63, 3.8) is 0 Å². The Labute approximate surface area is 209 Å². The summed E-state index contributed by atoms with van der Waals surface area (Å²) < 4.78 is 40.1. The maximum Gasteiger partial charge on any atom is 1.00 e. The molecule has 0 aliphatic heterocycles. The standard InChI is InChI=1S/C10H14NO.C7H5FO.CH4O3S.CH3.K/c1-11(2,3)10-6-4-9(8-12)5-7-10;8-7-3-1-6(5-9)2-4-7;1-5(2,3)4;;/h4-8H,1-3H3;1-5H;1H3,(H,2,3,4);1H3;/q+1;;;-1;+1/p-1/i;8-1;;;. The van der Waals surface area contributed by atoms with Crippen LogP contribution < -0.4 is 55.9 Å². The predicted molar refractivity (Wildman–Crippen MR) is 105 cm³/mol. The van der Waals surface area contributed by atoms with Crippen LogP contribution in [0.25, 0.3) is 0 Å². The number of quaternary nitrogens is 1. The summed E-state index contributed by atoms with van der Waals surface area (Å²) in [5.41, 5.74) is 2.42. The molecule has 9 heteroatoms. The largest absolute Gasteiger partial charge is 1.00 e. The molecule has 0 radical (unpaired) electrons. The van der Waals surface area contributed by atoms with Gasteiger partial charge in [0, 0.05) is 17.4 Å². The molecule has 0 amide bonds. The quantitative estimate of drug-likeness (QED) is 0.221. The van der Waals surface area contributed by atoms with Gasteiger partial charge in [-0.05, 0) is 48.5 Å². The third kappa shape index (κ3) is 17.3. The molecular weight excluding hydrogens is 411 g/mol. The molecule has 0 N–H and O–H groups in total. The Morgan fingerprint density at radius 1 is 0.857 bits per heavy atom. The van der Waals surface area contributed by atoms with E-state index >= 15 is 0 Å². The van der Waals surface area contributed by atoms with Crippen LogP contribution in [0.15, 0.2) is 48.5 Å². The van der Waals surface area contributed by atoms with Crippen LogP contribution in [0.5, 0.6) is 0 Å². The molecule has 0 unspecified atom stereocenters. The van der Waals surface area contributed by atoms with Crippen LogP contribution in [0, 0.1) is 13.2 Å². The van der Waals surface area contributed by atoms with Crippen molar-refractivity contribution in [2.75, 3.05) is 27.4 Å². The zero-order valence-electron chi connectivity index (χ0n) is 17.0. The molecule has 0 atom stereocenters. The van der Waals surface area contributed by atoms with E-state index < -0.39 is 10.1 Å². The Balaban J connectivity index is -0.000000349. The molecular formula is C19H25FKNO5S. The van der Waals surface area contributed by atoms with E-state index in [-0.39, 0.29) is 64.6 Å². The van der Waals surface area contributed by atoms with Gasteiger partial charge in [0.1, 0.15) is 24.1 Å². The van der Waals surface area contributed by atoms with E-state index in [1.165, 1.54) is 30.0 Å². The SMILES string of the molecule is CS(=O)(=O)[O-].C[N+](C)(C)c1ccc(C=O)cc1.O=Cc1ccc([18F])cc1.[CH3-].[K+]. The molecule has 150 valence electrons. The second-order valence-electron chi connectivity index (χ2n) is 6.10. The number of aldehydes is 2. The fourth-order valence-electron chi connectivity index (χ4n) is 1.54. The zero-order chi connectivity index (χ0) is 20.4. The first kappa shape index (κ1) is 31.9. The summed E-state index contributed by atoms with van der Waals surface area (Å²) in [6.07, 6.45) is 2.14. The molecule has 0 bridgehead atoms.